The maximum absolute atomic E-state index is 10.3. The minimum Gasteiger partial charge on any atom is -0.302 e. The van der Waals surface area contributed by atoms with E-state index in [1.54, 1.807) is 0 Å². The highest BCUT2D eigenvalue weighted by molar-refractivity contribution is 8.15. The summed E-state index contributed by atoms with van der Waals surface area (Å²) in [5.74, 6) is 0. The van der Waals surface area contributed by atoms with Crippen molar-refractivity contribution >= 4 is 40.2 Å². The third-order valence-electron chi connectivity index (χ3n) is 1.03. The number of hydrogen-bond acceptors (Lipinski definition) is 4. The van der Waals surface area contributed by atoms with Crippen LogP contribution in [0.2, 0.25) is 0 Å². The second-order valence-electron chi connectivity index (χ2n) is 1.84. The number of amides is 1. The second kappa shape index (κ2) is 3.73. The molecule has 1 N–H and O–H groups in total. The maximum atomic E-state index is 10.3. The first kappa shape index (κ1) is 8.55. The molecule has 1 amide bonds. The van der Waals surface area contributed by atoms with Gasteiger partial charge in [0, 0.05) is 0 Å². The highest BCUT2D eigenvalue weighted by atomic mass is 35.5. The fourth-order valence-corrected chi connectivity index (χ4v) is 1.55. The van der Waals surface area contributed by atoms with Gasteiger partial charge in [-0.3, -0.25) is 15.1 Å². The lowest BCUT2D eigenvalue weighted by Crippen LogP contribution is -2.21. The number of carbonyl (C=O) groups excluding carboxylic acids is 2. The summed E-state index contributed by atoms with van der Waals surface area (Å²) in [5.41, 5.74) is 0. The molecule has 1 heterocycles. The van der Waals surface area contributed by atoms with Crippen molar-refractivity contribution in [3.63, 3.8) is 0 Å². The highest BCUT2D eigenvalue weighted by Gasteiger charge is 2.19. The van der Waals surface area contributed by atoms with Crippen molar-refractivity contribution in [2.45, 2.75) is 5.25 Å². The summed E-state index contributed by atoms with van der Waals surface area (Å²) < 4.78 is 0. The highest BCUT2D eigenvalue weighted by Crippen LogP contribution is 2.17. The molecule has 0 saturated heterocycles. The summed E-state index contributed by atoms with van der Waals surface area (Å²) in [4.78, 5) is 24.3. The molecule has 0 aromatic carbocycles. The van der Waals surface area contributed by atoms with Crippen LogP contribution < -0.4 is 5.32 Å². The molecule has 0 aliphatic carbocycles. The van der Waals surface area contributed by atoms with Gasteiger partial charge in [-0.05, 0) is 11.6 Å². The minimum atomic E-state index is -0.678. The van der Waals surface area contributed by atoms with Crippen LogP contribution in [0.5, 0.6) is 0 Å². The number of nitrogens with zero attached hydrogens (tertiary/aromatic N) is 1. The summed E-state index contributed by atoms with van der Waals surface area (Å²) in [5, 5.41) is 1.85. The number of thioether (sulfide) groups is 1. The molecule has 60 valence electrons. The van der Waals surface area contributed by atoms with Gasteiger partial charge in [0.2, 0.25) is 0 Å². The van der Waals surface area contributed by atoms with Crippen molar-refractivity contribution in [3.8, 4) is 0 Å². The van der Waals surface area contributed by atoms with Crippen molar-refractivity contribution in [2.75, 3.05) is 6.54 Å². The fourth-order valence-electron chi connectivity index (χ4n) is 0.615. The van der Waals surface area contributed by atoms with Crippen LogP contribution in [0, 0.1) is 0 Å². The molecule has 6 heteroatoms. The van der Waals surface area contributed by atoms with Gasteiger partial charge in [-0.1, -0.05) is 11.8 Å². The third kappa shape index (κ3) is 2.51. The Kier molecular flexibility index (Phi) is 2.90. The Morgan fingerprint density at radius 3 is 3.09 bits per heavy atom. The normalized spacial score (nSPS) is 22.6. The van der Waals surface area contributed by atoms with Crippen LogP contribution >= 0.6 is 23.4 Å². The van der Waals surface area contributed by atoms with Crippen molar-refractivity contribution in [1.29, 1.82) is 0 Å². The number of halogens is 1. The first-order valence-electron chi connectivity index (χ1n) is 2.85. The van der Waals surface area contributed by atoms with E-state index in [1.165, 1.54) is 11.8 Å². The molecule has 0 saturated carbocycles. The van der Waals surface area contributed by atoms with Crippen molar-refractivity contribution < 1.29 is 9.59 Å². The Labute approximate surface area is 72.4 Å². The lowest BCUT2D eigenvalue weighted by atomic mass is 10.5. The summed E-state index contributed by atoms with van der Waals surface area (Å²) >= 11 is 6.22. The Hall–Kier alpha value is -0.550. The number of nitrogens with one attached hydrogen (secondary N) is 1. The molecule has 1 rings (SSSR count). The summed E-state index contributed by atoms with van der Waals surface area (Å²) in [7, 11) is 0. The number of aliphatic imine (C=N–C) groups is 1. The summed E-state index contributed by atoms with van der Waals surface area (Å²) in [6.07, 6.45) is 0.793. The molecule has 0 aromatic heterocycles. The zero-order valence-corrected chi connectivity index (χ0v) is 6.98. The van der Waals surface area contributed by atoms with E-state index in [2.05, 4.69) is 10.3 Å². The van der Waals surface area contributed by atoms with Gasteiger partial charge in [-0.25, -0.2) is 0 Å². The SMILES string of the molecule is O=CC1CN=C(NC(=O)Cl)S1. The smallest absolute Gasteiger partial charge is 0.302 e. The van der Waals surface area contributed by atoms with Crippen molar-refractivity contribution in [3.05, 3.63) is 0 Å². The molecule has 0 spiro atoms. The number of amidine groups is 1. The first-order valence-corrected chi connectivity index (χ1v) is 4.11. The Morgan fingerprint density at radius 2 is 2.64 bits per heavy atom. The van der Waals surface area contributed by atoms with E-state index < -0.39 is 5.37 Å². The molecule has 0 aromatic rings. The Balaban J connectivity index is 2.39. The number of aldehydes is 1. The monoisotopic (exact) mass is 192 g/mol. The van der Waals surface area contributed by atoms with Crippen LogP contribution in [0.25, 0.3) is 0 Å². The minimum absolute atomic E-state index is 0.173. The van der Waals surface area contributed by atoms with Gasteiger partial charge in [0.1, 0.15) is 6.29 Å². The zero-order chi connectivity index (χ0) is 8.27. The molecule has 1 aliphatic heterocycles. The molecule has 1 unspecified atom stereocenters. The van der Waals surface area contributed by atoms with Crippen LogP contribution in [0.3, 0.4) is 0 Å². The molecule has 1 atom stereocenters. The predicted molar refractivity (Wildman–Crippen MR) is 44.1 cm³/mol. The Morgan fingerprint density at radius 1 is 1.91 bits per heavy atom. The second-order valence-corrected chi connectivity index (χ2v) is 3.41. The van der Waals surface area contributed by atoms with Crippen LogP contribution in [-0.2, 0) is 4.79 Å². The summed E-state index contributed by atoms with van der Waals surface area (Å²) in [6.45, 7) is 0.417. The van der Waals surface area contributed by atoms with E-state index in [0.717, 1.165) is 6.29 Å². The largest absolute Gasteiger partial charge is 0.319 e. The van der Waals surface area contributed by atoms with Crippen LogP contribution in [0.15, 0.2) is 4.99 Å². The van der Waals surface area contributed by atoms with E-state index in [0.29, 0.717) is 11.7 Å². The van der Waals surface area contributed by atoms with Gasteiger partial charge in [0.25, 0.3) is 0 Å². The van der Waals surface area contributed by atoms with E-state index in [9.17, 15) is 9.59 Å². The van der Waals surface area contributed by atoms with Crippen LogP contribution in [-0.4, -0.2) is 28.6 Å². The molecular formula is C5H5ClN2O2S. The molecule has 0 radical (unpaired) electrons. The van der Waals surface area contributed by atoms with E-state index in [-0.39, 0.29) is 5.25 Å². The number of carbonyl (C=O) groups is 2. The molecule has 0 bridgehead atoms. The standard InChI is InChI=1S/C5H5ClN2O2S/c6-4(10)8-5-7-1-3(2-9)11-5/h2-3H,1H2,(H,7,8,10). The van der Waals surface area contributed by atoms with Gasteiger partial charge in [0.15, 0.2) is 5.17 Å². The molecular weight excluding hydrogens is 188 g/mol. The fraction of sp³-hybridized carbons (Fsp3) is 0.400. The number of hydrogen-bond donors (Lipinski definition) is 1. The Bertz CT molecular complexity index is 219. The van der Waals surface area contributed by atoms with Crippen molar-refractivity contribution in [1.82, 2.24) is 5.32 Å². The maximum Gasteiger partial charge on any atom is 0.319 e. The predicted octanol–water partition coefficient (Wildman–Crippen LogP) is 0.605. The lowest BCUT2D eigenvalue weighted by molar-refractivity contribution is -0.107. The van der Waals surface area contributed by atoms with E-state index in [1.807, 2.05) is 0 Å². The van der Waals surface area contributed by atoms with Crippen molar-refractivity contribution in [2.24, 2.45) is 4.99 Å². The van der Waals surface area contributed by atoms with E-state index in [4.69, 9.17) is 11.6 Å². The van der Waals surface area contributed by atoms with Crippen LogP contribution in [0.1, 0.15) is 0 Å². The quantitative estimate of drug-likeness (QED) is 0.376. The number of rotatable bonds is 1. The average Bonchev–Trinajstić information content (AvgIpc) is 2.34. The van der Waals surface area contributed by atoms with Gasteiger partial charge in [-0.2, -0.15) is 0 Å². The molecule has 0 fully saturated rings. The zero-order valence-electron chi connectivity index (χ0n) is 5.41. The van der Waals surface area contributed by atoms with Gasteiger partial charge in [0.05, 0.1) is 11.8 Å². The third-order valence-corrected chi connectivity index (χ3v) is 2.15. The van der Waals surface area contributed by atoms with Gasteiger partial charge in [-0.15, -0.1) is 0 Å². The first-order chi connectivity index (χ1) is 5.22. The lowest BCUT2D eigenvalue weighted by Gasteiger charge is -1.97. The van der Waals surface area contributed by atoms with Crippen LogP contribution in [0.4, 0.5) is 4.79 Å². The topological polar surface area (TPSA) is 58.5 Å². The van der Waals surface area contributed by atoms with Gasteiger partial charge >= 0.3 is 5.37 Å². The summed E-state index contributed by atoms with van der Waals surface area (Å²) in [6, 6.07) is 0. The average molecular weight is 193 g/mol. The molecule has 11 heavy (non-hydrogen) atoms. The van der Waals surface area contributed by atoms with Gasteiger partial charge < -0.3 is 4.79 Å². The van der Waals surface area contributed by atoms with E-state index >= 15 is 0 Å². The molecule has 4 nitrogen and oxygen atoms in total. The molecule has 1 aliphatic rings.